The number of likely N-dealkylation sites (tertiary alicyclic amines) is 1. The van der Waals surface area contributed by atoms with Crippen LogP contribution in [0.15, 0.2) is 18.5 Å². The highest BCUT2D eigenvalue weighted by molar-refractivity contribution is 5.87. The molecule has 25 heavy (non-hydrogen) atoms. The second kappa shape index (κ2) is 7.52. The lowest BCUT2D eigenvalue weighted by atomic mass is 9.97. The van der Waals surface area contributed by atoms with Crippen LogP contribution in [0.4, 0.5) is 11.6 Å². The van der Waals surface area contributed by atoms with Gasteiger partial charge >= 0.3 is 0 Å². The lowest BCUT2D eigenvalue weighted by Gasteiger charge is -2.36. The number of hydrogen-bond acceptors (Lipinski definition) is 6. The number of nitrogens with two attached hydrogens (primary N) is 1. The number of pyridine rings is 1. The van der Waals surface area contributed by atoms with E-state index in [1.165, 1.54) is 58.2 Å². The van der Waals surface area contributed by atoms with Gasteiger partial charge < -0.3 is 15.5 Å². The van der Waals surface area contributed by atoms with Gasteiger partial charge in [0.15, 0.2) is 5.65 Å². The molecule has 0 spiro atoms. The molecule has 1 unspecified atom stereocenters. The fourth-order valence-electron chi connectivity index (χ4n) is 4.29. The minimum atomic E-state index is 0.509. The Labute approximate surface area is 149 Å². The van der Waals surface area contributed by atoms with Crippen molar-refractivity contribution in [2.24, 2.45) is 5.92 Å². The fraction of sp³-hybridized carbons (Fsp3) is 0.632. The average Bonchev–Trinajstić information content (AvgIpc) is 2.90. The van der Waals surface area contributed by atoms with Gasteiger partial charge in [-0.2, -0.15) is 0 Å². The maximum absolute atomic E-state index is 5.80. The Morgan fingerprint density at radius 2 is 1.84 bits per heavy atom. The molecule has 2 aromatic heterocycles. The van der Waals surface area contributed by atoms with Crippen molar-refractivity contribution in [1.29, 1.82) is 0 Å². The monoisotopic (exact) mass is 340 g/mol. The van der Waals surface area contributed by atoms with E-state index in [1.54, 1.807) is 6.33 Å². The van der Waals surface area contributed by atoms with Gasteiger partial charge in [-0.1, -0.05) is 12.8 Å². The molecule has 2 aromatic rings. The maximum atomic E-state index is 5.80. The molecule has 2 fully saturated rings. The molecule has 0 aliphatic carbocycles. The molecule has 0 amide bonds. The third-order valence-corrected chi connectivity index (χ3v) is 5.53. The third kappa shape index (κ3) is 3.84. The summed E-state index contributed by atoms with van der Waals surface area (Å²) in [5.74, 6) is 2.24. The first-order valence-corrected chi connectivity index (χ1v) is 9.64. The second-order valence-corrected chi connectivity index (χ2v) is 7.47. The lowest BCUT2D eigenvalue weighted by molar-refractivity contribution is 0.222. The highest BCUT2D eigenvalue weighted by Gasteiger charge is 2.24. The highest BCUT2D eigenvalue weighted by atomic mass is 15.2. The molecular weight excluding hydrogens is 312 g/mol. The molecule has 4 rings (SSSR count). The molecule has 4 heterocycles. The number of rotatable bonds is 3. The van der Waals surface area contributed by atoms with Gasteiger partial charge in [0.25, 0.3) is 0 Å². The standard InChI is InChI=1S/C19H28N6/c20-17-8-7-16-18(23-17)21-14-22-19(16)25-11-5-6-15(13-25)12-24-9-3-1-2-4-10-24/h7-8,14-15H,1-6,9-13H2,(H2,20,21,22,23). The summed E-state index contributed by atoms with van der Waals surface area (Å²) < 4.78 is 0. The number of aromatic nitrogens is 3. The summed E-state index contributed by atoms with van der Waals surface area (Å²) in [6, 6.07) is 3.85. The molecule has 1 atom stereocenters. The lowest BCUT2D eigenvalue weighted by Crippen LogP contribution is -2.41. The van der Waals surface area contributed by atoms with Crippen molar-refractivity contribution < 1.29 is 0 Å². The summed E-state index contributed by atoms with van der Waals surface area (Å²) in [6.45, 7) is 5.91. The van der Waals surface area contributed by atoms with Crippen LogP contribution in [0.5, 0.6) is 0 Å². The maximum Gasteiger partial charge on any atom is 0.166 e. The van der Waals surface area contributed by atoms with Gasteiger partial charge in [0.1, 0.15) is 18.0 Å². The van der Waals surface area contributed by atoms with Crippen molar-refractivity contribution >= 4 is 22.7 Å². The van der Waals surface area contributed by atoms with Gasteiger partial charge in [0.05, 0.1) is 5.39 Å². The van der Waals surface area contributed by atoms with Crippen molar-refractivity contribution in [1.82, 2.24) is 19.9 Å². The van der Waals surface area contributed by atoms with E-state index >= 15 is 0 Å². The van der Waals surface area contributed by atoms with E-state index < -0.39 is 0 Å². The van der Waals surface area contributed by atoms with E-state index in [0.29, 0.717) is 11.5 Å². The zero-order valence-corrected chi connectivity index (χ0v) is 14.9. The van der Waals surface area contributed by atoms with Gasteiger partial charge in [0.2, 0.25) is 0 Å². The molecule has 2 aliphatic heterocycles. The highest BCUT2D eigenvalue weighted by Crippen LogP contribution is 2.28. The zero-order valence-electron chi connectivity index (χ0n) is 14.9. The summed E-state index contributed by atoms with van der Waals surface area (Å²) in [4.78, 5) is 18.3. The molecule has 0 aromatic carbocycles. The summed E-state index contributed by atoms with van der Waals surface area (Å²) >= 11 is 0. The number of anilines is 2. The van der Waals surface area contributed by atoms with E-state index in [4.69, 9.17) is 5.73 Å². The number of hydrogen-bond donors (Lipinski definition) is 1. The molecule has 6 heteroatoms. The van der Waals surface area contributed by atoms with Crippen LogP contribution in [0, 0.1) is 5.92 Å². The largest absolute Gasteiger partial charge is 0.384 e. The van der Waals surface area contributed by atoms with Crippen LogP contribution in [0.1, 0.15) is 38.5 Å². The van der Waals surface area contributed by atoms with Crippen molar-refractivity contribution in [3.05, 3.63) is 18.5 Å². The number of nitrogens with zero attached hydrogens (tertiary/aromatic N) is 5. The van der Waals surface area contributed by atoms with Crippen molar-refractivity contribution in [3.63, 3.8) is 0 Å². The Morgan fingerprint density at radius 1 is 1.00 bits per heavy atom. The normalized spacial score (nSPS) is 22.9. The molecule has 6 nitrogen and oxygen atoms in total. The fourth-order valence-corrected chi connectivity index (χ4v) is 4.29. The second-order valence-electron chi connectivity index (χ2n) is 7.47. The number of fused-ring (bicyclic) bond motifs is 1. The minimum Gasteiger partial charge on any atom is -0.384 e. The molecule has 2 N–H and O–H groups in total. The number of piperidine rings is 1. The van der Waals surface area contributed by atoms with Crippen LogP contribution in [-0.2, 0) is 0 Å². The molecule has 134 valence electrons. The van der Waals surface area contributed by atoms with E-state index in [9.17, 15) is 0 Å². The molecule has 0 radical (unpaired) electrons. The first kappa shape index (κ1) is 16.5. The predicted octanol–water partition coefficient (Wildman–Crippen LogP) is 2.70. The summed E-state index contributed by atoms with van der Waals surface area (Å²) in [6.07, 6.45) is 9.68. The molecular formula is C19H28N6. The summed E-state index contributed by atoms with van der Waals surface area (Å²) in [5, 5.41) is 1.01. The SMILES string of the molecule is Nc1ccc2c(N3CCCC(CN4CCCCCC4)C3)ncnc2n1. The van der Waals surface area contributed by atoms with E-state index in [2.05, 4.69) is 24.8 Å². The smallest absolute Gasteiger partial charge is 0.166 e. The van der Waals surface area contributed by atoms with Gasteiger partial charge in [0, 0.05) is 19.6 Å². The van der Waals surface area contributed by atoms with Crippen LogP contribution in [0.3, 0.4) is 0 Å². The first-order valence-electron chi connectivity index (χ1n) is 9.64. The van der Waals surface area contributed by atoms with Crippen LogP contribution >= 0.6 is 0 Å². The van der Waals surface area contributed by atoms with Crippen molar-refractivity contribution in [3.8, 4) is 0 Å². The topological polar surface area (TPSA) is 71.2 Å². The van der Waals surface area contributed by atoms with Crippen molar-refractivity contribution in [2.45, 2.75) is 38.5 Å². The first-order chi connectivity index (χ1) is 12.3. The van der Waals surface area contributed by atoms with Gasteiger partial charge in [-0.3, -0.25) is 0 Å². The average molecular weight is 340 g/mol. The minimum absolute atomic E-state index is 0.509. The molecule has 0 bridgehead atoms. The van der Waals surface area contributed by atoms with Gasteiger partial charge in [-0.15, -0.1) is 0 Å². The molecule has 2 aliphatic rings. The molecule has 0 saturated carbocycles. The summed E-state index contributed by atoms with van der Waals surface area (Å²) in [7, 11) is 0. The Bertz CT molecular complexity index is 710. The van der Waals surface area contributed by atoms with Crippen LogP contribution in [-0.4, -0.2) is 52.6 Å². The van der Waals surface area contributed by atoms with Crippen LogP contribution in [0.2, 0.25) is 0 Å². The predicted molar refractivity (Wildman–Crippen MR) is 102 cm³/mol. The van der Waals surface area contributed by atoms with Gasteiger partial charge in [-0.05, 0) is 56.8 Å². The third-order valence-electron chi connectivity index (χ3n) is 5.53. The Kier molecular flexibility index (Phi) is 4.97. The number of nitrogen functional groups attached to an aromatic ring is 1. The Morgan fingerprint density at radius 3 is 2.68 bits per heavy atom. The van der Waals surface area contributed by atoms with Crippen LogP contribution in [0.25, 0.3) is 11.0 Å². The zero-order chi connectivity index (χ0) is 17.1. The Hall–Kier alpha value is -1.95. The van der Waals surface area contributed by atoms with E-state index in [0.717, 1.165) is 30.2 Å². The van der Waals surface area contributed by atoms with E-state index in [-0.39, 0.29) is 0 Å². The van der Waals surface area contributed by atoms with Gasteiger partial charge in [-0.25, -0.2) is 15.0 Å². The summed E-state index contributed by atoms with van der Waals surface area (Å²) in [5.41, 5.74) is 6.49. The van der Waals surface area contributed by atoms with Crippen LogP contribution < -0.4 is 10.6 Å². The molecule has 2 saturated heterocycles. The van der Waals surface area contributed by atoms with Crippen molar-refractivity contribution in [2.75, 3.05) is 43.4 Å². The Balaban J connectivity index is 1.49. The quantitative estimate of drug-likeness (QED) is 0.926. The van der Waals surface area contributed by atoms with E-state index in [1.807, 2.05) is 12.1 Å².